The van der Waals surface area contributed by atoms with E-state index in [9.17, 15) is 0 Å². The first-order chi connectivity index (χ1) is 11.9. The number of allylic oxidation sites excluding steroid dienone is 4. The maximum Gasteiger partial charge on any atom is 0.0403 e. The molecule has 3 nitrogen and oxygen atoms in total. The molecule has 0 saturated heterocycles. The summed E-state index contributed by atoms with van der Waals surface area (Å²) in [6.07, 6.45) is 18.5. The fraction of sp³-hybridized carbons (Fsp3) is 0.636. The summed E-state index contributed by atoms with van der Waals surface area (Å²) in [7, 11) is 6.21. The molecule has 2 unspecified atom stereocenters. The topological polar surface area (TPSA) is 18.5 Å². The number of likely N-dealkylation sites (N-methyl/N-ethyl adjacent to an activating group) is 1. The summed E-state index contributed by atoms with van der Waals surface area (Å²) in [6, 6.07) is 0. The van der Waals surface area contributed by atoms with Crippen molar-refractivity contribution in [2.45, 2.75) is 58.9 Å². The lowest BCUT2D eigenvalue weighted by Gasteiger charge is -2.38. The van der Waals surface area contributed by atoms with Crippen molar-refractivity contribution in [3.8, 4) is 0 Å². The van der Waals surface area contributed by atoms with Crippen molar-refractivity contribution in [1.29, 1.82) is 0 Å². The Morgan fingerprint density at radius 1 is 1.36 bits per heavy atom. The minimum absolute atomic E-state index is 0.0866. The molecule has 3 heteroatoms. The van der Waals surface area contributed by atoms with Crippen molar-refractivity contribution >= 4 is 0 Å². The summed E-state index contributed by atoms with van der Waals surface area (Å²) < 4.78 is 0. The molecule has 1 aliphatic carbocycles. The smallest absolute Gasteiger partial charge is 0.0403 e. The number of rotatable bonds is 10. The Balaban J connectivity index is 2.88. The Bertz CT molecular complexity index is 515. The highest BCUT2D eigenvalue weighted by molar-refractivity contribution is 5.34. The Morgan fingerprint density at radius 3 is 2.68 bits per heavy atom. The van der Waals surface area contributed by atoms with Crippen LogP contribution >= 0.6 is 0 Å². The summed E-state index contributed by atoms with van der Waals surface area (Å²) in [6.45, 7) is 10.1. The zero-order chi connectivity index (χ0) is 18.9. The van der Waals surface area contributed by atoms with Crippen molar-refractivity contribution in [1.82, 2.24) is 15.3 Å². The molecule has 0 amide bonds. The first kappa shape index (κ1) is 21.7. The van der Waals surface area contributed by atoms with Crippen LogP contribution in [-0.2, 0) is 0 Å². The molecule has 0 fully saturated rings. The second kappa shape index (κ2) is 10.6. The van der Waals surface area contributed by atoms with E-state index >= 15 is 0 Å². The van der Waals surface area contributed by atoms with Crippen molar-refractivity contribution < 1.29 is 0 Å². The molecule has 1 N–H and O–H groups in total. The van der Waals surface area contributed by atoms with E-state index in [1.165, 1.54) is 24.0 Å². The molecule has 0 aromatic carbocycles. The van der Waals surface area contributed by atoms with Gasteiger partial charge in [0, 0.05) is 38.3 Å². The third-order valence-corrected chi connectivity index (χ3v) is 5.31. The van der Waals surface area contributed by atoms with Gasteiger partial charge in [0.05, 0.1) is 0 Å². The highest BCUT2D eigenvalue weighted by atomic mass is 15.5. The van der Waals surface area contributed by atoms with Gasteiger partial charge in [-0.05, 0) is 45.7 Å². The van der Waals surface area contributed by atoms with Crippen LogP contribution in [0.2, 0.25) is 0 Å². The third-order valence-electron chi connectivity index (χ3n) is 5.31. The summed E-state index contributed by atoms with van der Waals surface area (Å²) in [5.41, 5.74) is 6.13. The van der Waals surface area contributed by atoms with Crippen LogP contribution in [0.15, 0.2) is 47.7 Å². The zero-order valence-corrected chi connectivity index (χ0v) is 17.5. The molecule has 2 atom stereocenters. The SMILES string of the molecule is CCC/C(C)=C/CN(C)C1(C)C=C(C(/C=C\N(C)NC)CC)C=CC1. The highest BCUT2D eigenvalue weighted by Crippen LogP contribution is 2.31. The van der Waals surface area contributed by atoms with Crippen molar-refractivity contribution in [2.75, 3.05) is 27.7 Å². The molecule has 142 valence electrons. The van der Waals surface area contributed by atoms with Crippen LogP contribution in [0, 0.1) is 5.92 Å². The lowest BCUT2D eigenvalue weighted by Crippen LogP contribution is -2.43. The van der Waals surface area contributed by atoms with E-state index in [4.69, 9.17) is 0 Å². The van der Waals surface area contributed by atoms with Crippen LogP contribution in [0.4, 0.5) is 0 Å². The van der Waals surface area contributed by atoms with Gasteiger partial charge in [0.15, 0.2) is 0 Å². The fourth-order valence-corrected chi connectivity index (χ4v) is 3.18. The Kier molecular flexibility index (Phi) is 9.23. The Hall–Kier alpha value is -1.32. The van der Waals surface area contributed by atoms with Gasteiger partial charge in [-0.15, -0.1) is 0 Å². The van der Waals surface area contributed by atoms with Gasteiger partial charge in [0.1, 0.15) is 0 Å². The van der Waals surface area contributed by atoms with E-state index in [2.05, 4.69) is 81.6 Å². The molecule has 25 heavy (non-hydrogen) atoms. The van der Waals surface area contributed by atoms with Crippen molar-refractivity contribution in [3.63, 3.8) is 0 Å². The van der Waals surface area contributed by atoms with Crippen molar-refractivity contribution in [2.24, 2.45) is 5.92 Å². The van der Waals surface area contributed by atoms with Crippen LogP contribution in [0.25, 0.3) is 0 Å². The lowest BCUT2D eigenvalue weighted by atomic mass is 9.83. The number of hydrogen-bond acceptors (Lipinski definition) is 3. The van der Waals surface area contributed by atoms with Crippen LogP contribution in [0.1, 0.15) is 53.4 Å². The van der Waals surface area contributed by atoms with E-state index in [0.717, 1.165) is 19.4 Å². The predicted molar refractivity (Wildman–Crippen MR) is 111 cm³/mol. The minimum atomic E-state index is 0.0866. The van der Waals surface area contributed by atoms with E-state index in [-0.39, 0.29) is 5.54 Å². The predicted octanol–water partition coefficient (Wildman–Crippen LogP) is 4.92. The van der Waals surface area contributed by atoms with Gasteiger partial charge in [-0.2, -0.15) is 0 Å². The largest absolute Gasteiger partial charge is 0.319 e. The number of nitrogens with one attached hydrogen (secondary N) is 1. The average Bonchev–Trinajstić information content (AvgIpc) is 2.60. The standard InChI is InChI=1S/C22H39N3/c1-8-11-19(3)13-16-24(6)22(4)15-10-12-21(18-22)20(9-2)14-17-25(7)23-5/h10,12-14,17-18,20,23H,8-9,11,15-16H2,1-7H3/b17-14-,19-13+. The summed E-state index contributed by atoms with van der Waals surface area (Å²) in [5, 5.41) is 1.99. The molecule has 0 bridgehead atoms. The Labute approximate surface area is 156 Å². The first-order valence-electron chi connectivity index (χ1n) is 9.71. The second-order valence-corrected chi connectivity index (χ2v) is 7.48. The normalized spacial score (nSPS) is 22.6. The first-order valence-corrected chi connectivity index (χ1v) is 9.71. The molecule has 1 aliphatic rings. The molecule has 0 aromatic rings. The van der Waals surface area contributed by atoms with Gasteiger partial charge >= 0.3 is 0 Å². The number of hydrogen-bond donors (Lipinski definition) is 1. The van der Waals surface area contributed by atoms with Crippen molar-refractivity contribution in [3.05, 3.63) is 47.7 Å². The number of hydrazine groups is 1. The van der Waals surface area contributed by atoms with Crippen LogP contribution in [0.3, 0.4) is 0 Å². The zero-order valence-electron chi connectivity index (χ0n) is 17.5. The van der Waals surface area contributed by atoms with E-state index in [0.29, 0.717) is 5.92 Å². The monoisotopic (exact) mass is 345 g/mol. The van der Waals surface area contributed by atoms with Gasteiger partial charge < -0.3 is 5.01 Å². The lowest BCUT2D eigenvalue weighted by molar-refractivity contribution is 0.204. The third kappa shape index (κ3) is 6.83. The molecule has 0 saturated carbocycles. The van der Waals surface area contributed by atoms with Crippen LogP contribution in [-0.4, -0.2) is 43.1 Å². The van der Waals surface area contributed by atoms with Crippen LogP contribution in [0.5, 0.6) is 0 Å². The van der Waals surface area contributed by atoms with Gasteiger partial charge in [-0.1, -0.05) is 56.2 Å². The van der Waals surface area contributed by atoms with Gasteiger partial charge in [0.25, 0.3) is 0 Å². The minimum Gasteiger partial charge on any atom is -0.319 e. The molecular formula is C22H39N3. The molecule has 1 rings (SSSR count). The molecular weight excluding hydrogens is 306 g/mol. The second-order valence-electron chi connectivity index (χ2n) is 7.48. The molecule has 0 spiro atoms. The molecule has 0 aromatic heterocycles. The summed E-state index contributed by atoms with van der Waals surface area (Å²) in [5.74, 6) is 0.456. The maximum atomic E-state index is 3.11. The molecule has 0 radical (unpaired) electrons. The summed E-state index contributed by atoms with van der Waals surface area (Å²) >= 11 is 0. The van der Waals surface area contributed by atoms with E-state index in [1.807, 2.05) is 19.1 Å². The Morgan fingerprint density at radius 2 is 2.08 bits per heavy atom. The van der Waals surface area contributed by atoms with Gasteiger partial charge in [-0.3, -0.25) is 4.90 Å². The fourth-order valence-electron chi connectivity index (χ4n) is 3.18. The van der Waals surface area contributed by atoms with E-state index < -0.39 is 0 Å². The summed E-state index contributed by atoms with van der Waals surface area (Å²) in [4.78, 5) is 2.48. The average molecular weight is 346 g/mol. The maximum absolute atomic E-state index is 3.11. The highest BCUT2D eigenvalue weighted by Gasteiger charge is 2.28. The number of nitrogens with zero attached hydrogens (tertiary/aromatic N) is 2. The molecule has 0 heterocycles. The quantitative estimate of drug-likeness (QED) is 0.448. The van der Waals surface area contributed by atoms with E-state index in [1.54, 1.807) is 0 Å². The molecule has 0 aliphatic heterocycles. The van der Waals surface area contributed by atoms with Gasteiger partial charge in [-0.25, -0.2) is 5.43 Å². The van der Waals surface area contributed by atoms with Crippen LogP contribution < -0.4 is 5.43 Å². The van der Waals surface area contributed by atoms with Gasteiger partial charge in [0.2, 0.25) is 0 Å².